The molecule has 2 fully saturated rings. The molecular weight excluding hydrogens is 318 g/mol. The van der Waals surface area contributed by atoms with Crippen molar-refractivity contribution in [2.75, 3.05) is 18.0 Å². The van der Waals surface area contributed by atoms with Gasteiger partial charge in [-0.3, -0.25) is 14.5 Å². The van der Waals surface area contributed by atoms with E-state index >= 15 is 0 Å². The summed E-state index contributed by atoms with van der Waals surface area (Å²) in [6.07, 6.45) is 1.88. The summed E-state index contributed by atoms with van der Waals surface area (Å²) in [5, 5.41) is 2.78. The number of nitrogens with zero attached hydrogens (tertiary/aromatic N) is 2. The normalized spacial score (nSPS) is 23.0. The molecule has 1 N–H and O–H groups in total. The van der Waals surface area contributed by atoms with Gasteiger partial charge in [-0.1, -0.05) is 6.07 Å². The predicted octanol–water partition coefficient (Wildman–Crippen LogP) is 2.38. The average molecular weight is 343 g/mol. The number of likely N-dealkylation sites (N-methyl/N-ethyl adjacent to an activating group) is 1. The minimum absolute atomic E-state index is 0.186. The Bertz CT molecular complexity index is 721. The molecule has 1 saturated heterocycles. The highest BCUT2D eigenvalue weighted by atomic mass is 16.2. The lowest BCUT2D eigenvalue weighted by atomic mass is 9.96. The first kappa shape index (κ1) is 17.5. The van der Waals surface area contributed by atoms with Crippen LogP contribution in [0.2, 0.25) is 0 Å². The molecule has 1 aromatic carbocycles. The molecule has 1 heterocycles. The maximum atomic E-state index is 12.8. The van der Waals surface area contributed by atoms with Crippen LogP contribution in [0.1, 0.15) is 37.8 Å². The summed E-state index contributed by atoms with van der Waals surface area (Å²) < 4.78 is 0. The van der Waals surface area contributed by atoms with Crippen LogP contribution in [0.3, 0.4) is 0 Å². The number of hydrogen-bond acceptors (Lipinski definition) is 3. The lowest BCUT2D eigenvalue weighted by Crippen LogP contribution is -2.47. The molecule has 4 amide bonds. The monoisotopic (exact) mass is 343 g/mol. The SMILES string of the molecule is CCN(C(=O)CN1C(=O)NC(C)(C2CC2)C1=O)c1cc(C)cc(C)c1. The van der Waals surface area contributed by atoms with Crippen LogP contribution < -0.4 is 10.2 Å². The van der Waals surface area contributed by atoms with E-state index in [2.05, 4.69) is 5.32 Å². The van der Waals surface area contributed by atoms with Gasteiger partial charge in [-0.2, -0.15) is 0 Å². The van der Waals surface area contributed by atoms with Crippen molar-refractivity contribution in [2.24, 2.45) is 5.92 Å². The van der Waals surface area contributed by atoms with E-state index in [1.807, 2.05) is 39.0 Å². The Morgan fingerprint density at radius 1 is 1.24 bits per heavy atom. The number of aryl methyl sites for hydroxylation is 2. The first-order valence-electron chi connectivity index (χ1n) is 8.79. The van der Waals surface area contributed by atoms with E-state index in [1.165, 1.54) is 0 Å². The third-order valence-corrected chi connectivity index (χ3v) is 5.12. The summed E-state index contributed by atoms with van der Waals surface area (Å²) in [7, 11) is 0. The maximum absolute atomic E-state index is 12.8. The van der Waals surface area contributed by atoms with Gasteiger partial charge in [0.05, 0.1) is 0 Å². The summed E-state index contributed by atoms with van der Waals surface area (Å²) in [5.41, 5.74) is 2.08. The number of carbonyl (C=O) groups excluding carboxylic acids is 3. The number of nitrogens with one attached hydrogen (secondary N) is 1. The Hall–Kier alpha value is -2.37. The first-order valence-corrected chi connectivity index (χ1v) is 8.79. The fourth-order valence-corrected chi connectivity index (χ4v) is 3.63. The molecule has 3 rings (SSSR count). The number of amides is 4. The van der Waals surface area contributed by atoms with Gasteiger partial charge in [-0.15, -0.1) is 0 Å². The zero-order valence-electron chi connectivity index (χ0n) is 15.3. The second kappa shape index (κ2) is 6.17. The molecule has 0 radical (unpaired) electrons. The fraction of sp³-hybridized carbons (Fsp3) is 0.526. The van der Waals surface area contributed by atoms with Crippen molar-refractivity contribution >= 4 is 23.5 Å². The van der Waals surface area contributed by atoms with Crippen molar-refractivity contribution in [2.45, 2.75) is 46.1 Å². The lowest BCUT2D eigenvalue weighted by molar-refractivity contribution is -0.134. The molecule has 6 nitrogen and oxygen atoms in total. The van der Waals surface area contributed by atoms with Gasteiger partial charge in [0, 0.05) is 12.2 Å². The summed E-state index contributed by atoms with van der Waals surface area (Å²) >= 11 is 0. The number of carbonyl (C=O) groups is 3. The highest BCUT2D eigenvalue weighted by molar-refractivity contribution is 6.10. The molecule has 1 unspecified atom stereocenters. The third-order valence-electron chi connectivity index (χ3n) is 5.12. The van der Waals surface area contributed by atoms with Crippen LogP contribution in [0.15, 0.2) is 18.2 Å². The quantitative estimate of drug-likeness (QED) is 0.835. The standard InChI is InChI=1S/C19H25N3O3/c1-5-21(15-9-12(2)8-13(3)10-15)16(23)11-22-17(24)19(4,14-6-7-14)20-18(22)25/h8-10,14H,5-7,11H2,1-4H3,(H,20,25). The van der Waals surface area contributed by atoms with Gasteiger partial charge in [0.1, 0.15) is 12.1 Å². The zero-order chi connectivity index (χ0) is 18.4. The minimum atomic E-state index is -0.853. The van der Waals surface area contributed by atoms with Gasteiger partial charge in [0.15, 0.2) is 0 Å². The van der Waals surface area contributed by atoms with Crippen LogP contribution in [-0.2, 0) is 9.59 Å². The van der Waals surface area contributed by atoms with Crippen molar-refractivity contribution in [1.29, 1.82) is 0 Å². The Balaban J connectivity index is 1.78. The highest BCUT2D eigenvalue weighted by Gasteiger charge is 2.56. The topological polar surface area (TPSA) is 69.7 Å². The van der Waals surface area contributed by atoms with E-state index in [-0.39, 0.29) is 24.3 Å². The van der Waals surface area contributed by atoms with E-state index < -0.39 is 11.6 Å². The molecule has 25 heavy (non-hydrogen) atoms. The number of benzene rings is 1. The molecular formula is C19H25N3O3. The van der Waals surface area contributed by atoms with Crippen LogP contribution >= 0.6 is 0 Å². The second-order valence-electron chi connectivity index (χ2n) is 7.28. The predicted molar refractivity (Wildman–Crippen MR) is 95.3 cm³/mol. The maximum Gasteiger partial charge on any atom is 0.325 e. The van der Waals surface area contributed by atoms with E-state index in [1.54, 1.807) is 11.8 Å². The van der Waals surface area contributed by atoms with Crippen molar-refractivity contribution in [3.8, 4) is 0 Å². The van der Waals surface area contributed by atoms with Crippen molar-refractivity contribution in [1.82, 2.24) is 10.2 Å². The van der Waals surface area contributed by atoms with Crippen molar-refractivity contribution < 1.29 is 14.4 Å². The van der Waals surface area contributed by atoms with Gasteiger partial charge in [0.2, 0.25) is 5.91 Å². The van der Waals surface area contributed by atoms with Gasteiger partial charge < -0.3 is 10.2 Å². The summed E-state index contributed by atoms with van der Waals surface area (Å²) in [6, 6.07) is 5.45. The molecule has 2 aliphatic rings. The molecule has 1 aliphatic heterocycles. The molecule has 1 saturated carbocycles. The summed E-state index contributed by atoms with van der Waals surface area (Å²) in [4.78, 5) is 40.4. The summed E-state index contributed by atoms with van der Waals surface area (Å²) in [5.74, 6) is -0.355. The molecule has 0 aromatic heterocycles. The Morgan fingerprint density at radius 2 is 1.84 bits per heavy atom. The van der Waals surface area contributed by atoms with E-state index in [4.69, 9.17) is 0 Å². The molecule has 1 aromatic rings. The van der Waals surface area contributed by atoms with Crippen LogP contribution in [-0.4, -0.2) is 41.4 Å². The van der Waals surface area contributed by atoms with Gasteiger partial charge >= 0.3 is 6.03 Å². The molecule has 1 aliphatic carbocycles. The molecule has 0 spiro atoms. The number of anilines is 1. The number of urea groups is 1. The lowest BCUT2D eigenvalue weighted by Gasteiger charge is -2.25. The minimum Gasteiger partial charge on any atom is -0.323 e. The molecule has 134 valence electrons. The summed E-state index contributed by atoms with van der Waals surface area (Å²) in [6.45, 7) is 7.85. The van der Waals surface area contributed by atoms with E-state index in [0.29, 0.717) is 6.54 Å². The molecule has 1 atom stereocenters. The Kier molecular flexibility index (Phi) is 4.31. The third kappa shape index (κ3) is 3.13. The number of imide groups is 1. The zero-order valence-corrected chi connectivity index (χ0v) is 15.3. The van der Waals surface area contributed by atoms with Gasteiger partial charge in [-0.25, -0.2) is 4.79 Å². The van der Waals surface area contributed by atoms with Crippen molar-refractivity contribution in [3.63, 3.8) is 0 Å². The van der Waals surface area contributed by atoms with E-state index in [9.17, 15) is 14.4 Å². The second-order valence-corrected chi connectivity index (χ2v) is 7.28. The van der Waals surface area contributed by atoms with Crippen LogP contribution in [0, 0.1) is 19.8 Å². The van der Waals surface area contributed by atoms with Crippen molar-refractivity contribution in [3.05, 3.63) is 29.3 Å². The number of hydrogen-bond donors (Lipinski definition) is 1. The Morgan fingerprint density at radius 3 is 2.36 bits per heavy atom. The average Bonchev–Trinajstić information content (AvgIpc) is 3.33. The molecule has 0 bridgehead atoms. The van der Waals surface area contributed by atoms with Crippen LogP contribution in [0.5, 0.6) is 0 Å². The fourth-order valence-electron chi connectivity index (χ4n) is 3.63. The van der Waals surface area contributed by atoms with Gasteiger partial charge in [-0.05, 0) is 69.7 Å². The van der Waals surface area contributed by atoms with Crippen LogP contribution in [0.25, 0.3) is 0 Å². The number of rotatable bonds is 5. The largest absolute Gasteiger partial charge is 0.325 e. The van der Waals surface area contributed by atoms with Gasteiger partial charge in [0.25, 0.3) is 5.91 Å². The Labute approximate surface area is 148 Å². The van der Waals surface area contributed by atoms with Crippen LogP contribution in [0.4, 0.5) is 10.5 Å². The molecule has 6 heteroatoms. The smallest absolute Gasteiger partial charge is 0.323 e. The highest BCUT2D eigenvalue weighted by Crippen LogP contribution is 2.42. The van der Waals surface area contributed by atoms with E-state index in [0.717, 1.165) is 34.6 Å². The first-order chi connectivity index (χ1) is 11.8.